The first-order valence-electron chi connectivity index (χ1n) is 6.94. The maximum absolute atomic E-state index is 11.7. The van der Waals surface area contributed by atoms with Crippen molar-refractivity contribution < 1.29 is 9.53 Å². The van der Waals surface area contributed by atoms with Crippen LogP contribution in [0.2, 0.25) is 0 Å². The van der Waals surface area contributed by atoms with E-state index in [1.54, 1.807) is 0 Å². The van der Waals surface area contributed by atoms with Gasteiger partial charge in [0.15, 0.2) is 0 Å². The normalized spacial score (nSPS) is 21.4. The summed E-state index contributed by atoms with van der Waals surface area (Å²) in [5, 5.41) is 6.36. The van der Waals surface area contributed by atoms with Gasteiger partial charge < -0.3 is 15.4 Å². The molecule has 2 rings (SSSR count). The molecule has 0 spiro atoms. The van der Waals surface area contributed by atoms with Crippen LogP contribution in [0, 0.1) is 0 Å². The topological polar surface area (TPSA) is 50.4 Å². The Kier molecular flexibility index (Phi) is 5.20. The van der Waals surface area contributed by atoms with Crippen molar-refractivity contribution in [2.45, 2.75) is 51.3 Å². The number of halogens is 2. The van der Waals surface area contributed by atoms with Crippen LogP contribution in [-0.4, -0.2) is 23.8 Å². The Bertz CT molecular complexity index is 523. The maximum Gasteiger partial charge on any atom is 0.407 e. The molecule has 6 heteroatoms. The summed E-state index contributed by atoms with van der Waals surface area (Å²) in [4.78, 5) is 11.7. The van der Waals surface area contributed by atoms with Crippen LogP contribution in [0.4, 0.5) is 10.5 Å². The van der Waals surface area contributed by atoms with E-state index in [0.717, 1.165) is 27.5 Å². The van der Waals surface area contributed by atoms with Gasteiger partial charge in [0, 0.05) is 26.7 Å². The molecule has 1 aliphatic carbocycles. The van der Waals surface area contributed by atoms with Gasteiger partial charge in [0.1, 0.15) is 5.60 Å². The molecule has 1 aromatic carbocycles. The Morgan fingerprint density at radius 2 is 1.90 bits per heavy atom. The van der Waals surface area contributed by atoms with Crippen molar-refractivity contribution in [2.24, 2.45) is 0 Å². The van der Waals surface area contributed by atoms with Gasteiger partial charge in [-0.25, -0.2) is 4.79 Å². The fraction of sp³-hybridized carbons (Fsp3) is 0.533. The van der Waals surface area contributed by atoms with Crippen LogP contribution in [0.1, 0.15) is 33.6 Å². The van der Waals surface area contributed by atoms with Crippen LogP contribution in [0.3, 0.4) is 0 Å². The third kappa shape index (κ3) is 5.18. The Morgan fingerprint density at radius 3 is 2.52 bits per heavy atom. The van der Waals surface area contributed by atoms with E-state index in [2.05, 4.69) is 42.5 Å². The fourth-order valence-electron chi connectivity index (χ4n) is 2.16. The van der Waals surface area contributed by atoms with E-state index >= 15 is 0 Å². The summed E-state index contributed by atoms with van der Waals surface area (Å²) in [6.45, 7) is 5.59. The van der Waals surface area contributed by atoms with Gasteiger partial charge in [0.25, 0.3) is 0 Å². The number of rotatable bonds is 3. The quantitative estimate of drug-likeness (QED) is 0.747. The molecule has 1 aliphatic rings. The maximum atomic E-state index is 11.7. The highest BCUT2D eigenvalue weighted by Crippen LogP contribution is 2.31. The summed E-state index contributed by atoms with van der Waals surface area (Å²) in [5.41, 5.74) is 0.609. The smallest absolute Gasteiger partial charge is 0.407 e. The minimum absolute atomic E-state index is 0.184. The van der Waals surface area contributed by atoms with Gasteiger partial charge in [0.05, 0.1) is 0 Å². The van der Waals surface area contributed by atoms with Crippen LogP contribution in [-0.2, 0) is 4.74 Å². The molecule has 0 unspecified atom stereocenters. The lowest BCUT2D eigenvalue weighted by Gasteiger charge is -2.37. The second-order valence-corrected chi connectivity index (χ2v) is 8.05. The highest BCUT2D eigenvalue weighted by atomic mass is 79.9. The third-order valence-electron chi connectivity index (χ3n) is 3.15. The van der Waals surface area contributed by atoms with Crippen molar-refractivity contribution in [3.8, 4) is 0 Å². The largest absolute Gasteiger partial charge is 0.444 e. The van der Waals surface area contributed by atoms with Crippen molar-refractivity contribution in [1.29, 1.82) is 0 Å². The Hall–Kier alpha value is -0.750. The molecule has 0 bridgehead atoms. The number of nitrogens with one attached hydrogen (secondary N) is 2. The molecule has 0 heterocycles. The predicted octanol–water partition coefficient (Wildman–Crippen LogP) is 4.68. The zero-order valence-corrected chi connectivity index (χ0v) is 15.5. The number of anilines is 1. The van der Waals surface area contributed by atoms with Gasteiger partial charge in [-0.15, -0.1) is 0 Å². The lowest BCUT2D eigenvalue weighted by atomic mass is 9.86. The van der Waals surface area contributed by atoms with Crippen LogP contribution in [0.5, 0.6) is 0 Å². The molecule has 21 heavy (non-hydrogen) atoms. The molecule has 0 saturated heterocycles. The van der Waals surface area contributed by atoms with Gasteiger partial charge in [-0.3, -0.25) is 0 Å². The molecule has 0 aromatic heterocycles. The van der Waals surface area contributed by atoms with Crippen LogP contribution >= 0.6 is 31.9 Å². The van der Waals surface area contributed by atoms with Gasteiger partial charge in [-0.05, 0) is 67.7 Å². The zero-order chi connectivity index (χ0) is 15.6. The Morgan fingerprint density at radius 1 is 1.24 bits per heavy atom. The number of amides is 1. The SMILES string of the molecule is CC(C)(C)OC(=O)NC1CC(Nc2cc(Br)ccc2Br)C1. The predicted molar refractivity (Wildman–Crippen MR) is 91.6 cm³/mol. The average molecular weight is 420 g/mol. The van der Waals surface area contributed by atoms with Crippen molar-refractivity contribution in [3.63, 3.8) is 0 Å². The molecule has 2 N–H and O–H groups in total. The number of alkyl carbamates (subject to hydrolysis) is 1. The van der Waals surface area contributed by atoms with E-state index in [1.807, 2.05) is 39.0 Å². The fourth-order valence-corrected chi connectivity index (χ4v) is 2.88. The zero-order valence-electron chi connectivity index (χ0n) is 12.4. The van der Waals surface area contributed by atoms with E-state index in [-0.39, 0.29) is 12.1 Å². The number of carbonyl (C=O) groups excluding carboxylic acids is 1. The second-order valence-electron chi connectivity index (χ2n) is 6.28. The molecule has 0 atom stereocenters. The Labute approximate surface area is 142 Å². The molecular formula is C15H20Br2N2O2. The number of carbonyl (C=O) groups is 1. The highest BCUT2D eigenvalue weighted by Gasteiger charge is 2.31. The molecule has 1 fully saturated rings. The first-order chi connectivity index (χ1) is 9.73. The van der Waals surface area contributed by atoms with Gasteiger partial charge in [-0.1, -0.05) is 15.9 Å². The standard InChI is InChI=1S/C15H20Br2N2O2/c1-15(2,3)21-14(20)19-11-7-10(8-11)18-13-6-9(16)4-5-12(13)17/h4-6,10-11,18H,7-8H2,1-3H3,(H,19,20). The number of ether oxygens (including phenoxy) is 1. The van der Waals surface area contributed by atoms with Gasteiger partial charge in [0.2, 0.25) is 0 Å². The molecule has 0 aliphatic heterocycles. The molecule has 1 saturated carbocycles. The molecule has 4 nitrogen and oxygen atoms in total. The van der Waals surface area contributed by atoms with Crippen LogP contribution in [0.15, 0.2) is 27.1 Å². The lowest BCUT2D eigenvalue weighted by molar-refractivity contribution is 0.0475. The summed E-state index contributed by atoms with van der Waals surface area (Å²) >= 11 is 6.99. The third-order valence-corrected chi connectivity index (χ3v) is 4.33. The summed E-state index contributed by atoms with van der Waals surface area (Å²) in [7, 11) is 0. The minimum Gasteiger partial charge on any atom is -0.444 e. The van der Waals surface area contributed by atoms with E-state index in [0.29, 0.717) is 6.04 Å². The average Bonchev–Trinajstić information content (AvgIpc) is 2.28. The molecule has 1 amide bonds. The van der Waals surface area contributed by atoms with Crippen molar-refractivity contribution in [2.75, 3.05) is 5.32 Å². The van der Waals surface area contributed by atoms with Gasteiger partial charge >= 0.3 is 6.09 Å². The number of hydrogen-bond acceptors (Lipinski definition) is 3. The van der Waals surface area contributed by atoms with Crippen molar-refractivity contribution >= 4 is 43.6 Å². The first-order valence-corrected chi connectivity index (χ1v) is 8.52. The summed E-state index contributed by atoms with van der Waals surface area (Å²) in [5.74, 6) is 0. The summed E-state index contributed by atoms with van der Waals surface area (Å²) < 4.78 is 7.32. The molecular weight excluding hydrogens is 400 g/mol. The Balaban J connectivity index is 1.77. The number of benzene rings is 1. The van der Waals surface area contributed by atoms with Crippen LogP contribution < -0.4 is 10.6 Å². The summed E-state index contributed by atoms with van der Waals surface area (Å²) in [6.07, 6.45) is 1.46. The van der Waals surface area contributed by atoms with E-state index in [1.165, 1.54) is 0 Å². The first kappa shape index (κ1) is 16.6. The monoisotopic (exact) mass is 418 g/mol. The molecule has 0 radical (unpaired) electrons. The van der Waals surface area contributed by atoms with E-state index in [4.69, 9.17) is 4.74 Å². The molecule has 1 aromatic rings. The van der Waals surface area contributed by atoms with Gasteiger partial charge in [-0.2, -0.15) is 0 Å². The molecule has 116 valence electrons. The minimum atomic E-state index is -0.452. The highest BCUT2D eigenvalue weighted by molar-refractivity contribution is 9.11. The van der Waals surface area contributed by atoms with Crippen LogP contribution in [0.25, 0.3) is 0 Å². The summed E-state index contributed by atoms with van der Waals surface area (Å²) in [6, 6.07) is 6.59. The lowest BCUT2D eigenvalue weighted by Crippen LogP contribution is -2.50. The van der Waals surface area contributed by atoms with E-state index in [9.17, 15) is 4.79 Å². The second kappa shape index (κ2) is 6.57. The van der Waals surface area contributed by atoms with Crippen molar-refractivity contribution in [3.05, 3.63) is 27.1 Å². The van der Waals surface area contributed by atoms with E-state index < -0.39 is 5.60 Å². The van der Waals surface area contributed by atoms with Crippen molar-refractivity contribution in [1.82, 2.24) is 5.32 Å². The number of hydrogen-bond donors (Lipinski definition) is 2.